The number of aromatic nitrogens is 1. The first-order chi connectivity index (χ1) is 12.5. The SMILES string of the molecule is CC[C@H](C)Oc1cc2c(OC3CCCN(C)C3)ccnc2cc1C(N)=O. The molecular weight excluding hydrogens is 330 g/mol. The summed E-state index contributed by atoms with van der Waals surface area (Å²) >= 11 is 0. The van der Waals surface area contributed by atoms with Crippen molar-refractivity contribution in [2.75, 3.05) is 20.1 Å². The zero-order valence-electron chi connectivity index (χ0n) is 15.7. The number of nitrogens with two attached hydrogens (primary N) is 1. The van der Waals surface area contributed by atoms with E-state index in [-0.39, 0.29) is 12.2 Å². The van der Waals surface area contributed by atoms with Crippen LogP contribution in [-0.4, -0.2) is 48.1 Å². The molecule has 2 aromatic rings. The molecule has 1 fully saturated rings. The number of likely N-dealkylation sites (tertiary alicyclic amines) is 1. The van der Waals surface area contributed by atoms with Crippen molar-refractivity contribution in [3.63, 3.8) is 0 Å². The number of benzene rings is 1. The number of carbonyl (C=O) groups is 1. The molecule has 3 rings (SSSR count). The van der Waals surface area contributed by atoms with Gasteiger partial charge in [0.25, 0.3) is 5.91 Å². The lowest BCUT2D eigenvalue weighted by molar-refractivity contribution is 0.0993. The highest BCUT2D eigenvalue weighted by molar-refractivity contribution is 6.01. The van der Waals surface area contributed by atoms with Crippen LogP contribution in [0.1, 0.15) is 43.5 Å². The zero-order valence-corrected chi connectivity index (χ0v) is 15.7. The first kappa shape index (κ1) is 18.5. The van der Waals surface area contributed by atoms with Crippen LogP contribution in [0, 0.1) is 0 Å². The number of hydrogen-bond acceptors (Lipinski definition) is 5. The number of amides is 1. The third-order valence-corrected chi connectivity index (χ3v) is 4.85. The monoisotopic (exact) mass is 357 g/mol. The molecule has 2 atom stereocenters. The predicted octanol–water partition coefficient (Wildman–Crippen LogP) is 2.98. The van der Waals surface area contributed by atoms with Crippen molar-refractivity contribution in [2.24, 2.45) is 5.73 Å². The third-order valence-electron chi connectivity index (χ3n) is 4.85. The molecule has 1 aliphatic rings. The molecular formula is C20H27N3O3. The van der Waals surface area contributed by atoms with E-state index in [0.29, 0.717) is 16.8 Å². The average molecular weight is 357 g/mol. The number of likely N-dealkylation sites (N-methyl/N-ethyl adjacent to an activating group) is 1. The minimum Gasteiger partial charge on any atom is -0.490 e. The lowest BCUT2D eigenvalue weighted by Gasteiger charge is -2.30. The van der Waals surface area contributed by atoms with E-state index in [1.807, 2.05) is 26.0 Å². The number of carbonyl (C=O) groups excluding carboxylic acids is 1. The lowest BCUT2D eigenvalue weighted by Crippen LogP contribution is -2.38. The van der Waals surface area contributed by atoms with Crippen LogP contribution in [0.3, 0.4) is 0 Å². The van der Waals surface area contributed by atoms with Gasteiger partial charge in [-0.3, -0.25) is 9.78 Å². The van der Waals surface area contributed by atoms with Gasteiger partial charge in [-0.1, -0.05) is 6.92 Å². The molecule has 6 heteroatoms. The normalized spacial score (nSPS) is 19.3. The van der Waals surface area contributed by atoms with E-state index in [0.717, 1.165) is 43.5 Å². The van der Waals surface area contributed by atoms with Gasteiger partial charge in [0.1, 0.15) is 17.6 Å². The maximum Gasteiger partial charge on any atom is 0.252 e. The first-order valence-electron chi connectivity index (χ1n) is 9.22. The molecule has 1 aliphatic heterocycles. The van der Waals surface area contributed by atoms with Crippen molar-refractivity contribution in [3.05, 3.63) is 30.0 Å². The molecule has 1 unspecified atom stereocenters. The minimum absolute atomic E-state index is 0.0152. The Balaban J connectivity index is 1.99. The van der Waals surface area contributed by atoms with Crippen LogP contribution < -0.4 is 15.2 Å². The van der Waals surface area contributed by atoms with Gasteiger partial charge < -0.3 is 20.1 Å². The number of pyridine rings is 1. The van der Waals surface area contributed by atoms with E-state index >= 15 is 0 Å². The van der Waals surface area contributed by atoms with E-state index in [1.54, 1.807) is 12.3 Å². The first-order valence-corrected chi connectivity index (χ1v) is 9.22. The van der Waals surface area contributed by atoms with Gasteiger partial charge in [0.15, 0.2) is 0 Å². The Labute approximate surface area is 154 Å². The van der Waals surface area contributed by atoms with Crippen LogP contribution in [0.4, 0.5) is 0 Å². The summed E-state index contributed by atoms with van der Waals surface area (Å²) in [7, 11) is 2.11. The van der Waals surface area contributed by atoms with Gasteiger partial charge in [0, 0.05) is 18.1 Å². The van der Waals surface area contributed by atoms with Crippen LogP contribution >= 0.6 is 0 Å². The fraction of sp³-hybridized carbons (Fsp3) is 0.500. The molecule has 0 spiro atoms. The molecule has 1 aromatic heterocycles. The number of primary amides is 1. The van der Waals surface area contributed by atoms with E-state index in [9.17, 15) is 4.79 Å². The molecule has 1 aromatic carbocycles. The Kier molecular flexibility index (Phi) is 5.61. The van der Waals surface area contributed by atoms with Crippen molar-refractivity contribution >= 4 is 16.8 Å². The second kappa shape index (κ2) is 7.91. The molecule has 1 saturated heterocycles. The summed E-state index contributed by atoms with van der Waals surface area (Å²) < 4.78 is 12.2. The highest BCUT2D eigenvalue weighted by Gasteiger charge is 2.21. The van der Waals surface area contributed by atoms with Gasteiger partial charge in [-0.15, -0.1) is 0 Å². The van der Waals surface area contributed by atoms with Gasteiger partial charge in [0.2, 0.25) is 0 Å². The smallest absolute Gasteiger partial charge is 0.252 e. The van der Waals surface area contributed by atoms with E-state index < -0.39 is 5.91 Å². The van der Waals surface area contributed by atoms with Gasteiger partial charge >= 0.3 is 0 Å². The molecule has 140 valence electrons. The fourth-order valence-corrected chi connectivity index (χ4v) is 3.24. The molecule has 2 heterocycles. The second-order valence-electron chi connectivity index (χ2n) is 7.02. The molecule has 0 bridgehead atoms. The van der Waals surface area contributed by atoms with E-state index in [2.05, 4.69) is 16.9 Å². The summed E-state index contributed by atoms with van der Waals surface area (Å²) in [4.78, 5) is 18.5. The molecule has 6 nitrogen and oxygen atoms in total. The molecule has 0 saturated carbocycles. The van der Waals surface area contributed by atoms with Crippen molar-refractivity contribution < 1.29 is 14.3 Å². The number of rotatable bonds is 6. The van der Waals surface area contributed by atoms with Gasteiger partial charge in [-0.25, -0.2) is 0 Å². The third kappa shape index (κ3) is 4.07. The highest BCUT2D eigenvalue weighted by Crippen LogP contribution is 2.33. The summed E-state index contributed by atoms with van der Waals surface area (Å²) in [5.41, 5.74) is 6.57. The Morgan fingerprint density at radius 3 is 2.92 bits per heavy atom. The summed E-state index contributed by atoms with van der Waals surface area (Å²) in [6, 6.07) is 5.39. The molecule has 26 heavy (non-hydrogen) atoms. The average Bonchev–Trinajstić information content (AvgIpc) is 2.61. The van der Waals surface area contributed by atoms with Crippen LogP contribution in [0.25, 0.3) is 10.9 Å². The quantitative estimate of drug-likeness (QED) is 0.860. The summed E-state index contributed by atoms with van der Waals surface area (Å²) in [6.07, 6.45) is 4.82. The van der Waals surface area contributed by atoms with Gasteiger partial charge in [-0.05, 0) is 58.0 Å². The molecule has 1 amide bonds. The Bertz CT molecular complexity index is 793. The molecule has 0 aliphatic carbocycles. The predicted molar refractivity (Wildman–Crippen MR) is 102 cm³/mol. The lowest BCUT2D eigenvalue weighted by atomic mass is 10.1. The number of hydrogen-bond donors (Lipinski definition) is 1. The Morgan fingerprint density at radius 2 is 2.23 bits per heavy atom. The minimum atomic E-state index is -0.521. The Morgan fingerprint density at radius 1 is 1.42 bits per heavy atom. The topological polar surface area (TPSA) is 77.7 Å². The summed E-state index contributed by atoms with van der Waals surface area (Å²) in [5.74, 6) is 0.727. The maximum atomic E-state index is 11.9. The molecule has 2 N–H and O–H groups in total. The Hall–Kier alpha value is -2.34. The fourth-order valence-electron chi connectivity index (χ4n) is 3.24. The molecule has 0 radical (unpaired) electrons. The summed E-state index contributed by atoms with van der Waals surface area (Å²) in [6.45, 7) is 6.00. The highest BCUT2D eigenvalue weighted by atomic mass is 16.5. The van der Waals surface area contributed by atoms with Crippen LogP contribution in [0.2, 0.25) is 0 Å². The van der Waals surface area contributed by atoms with Crippen LogP contribution in [0.5, 0.6) is 11.5 Å². The second-order valence-corrected chi connectivity index (χ2v) is 7.02. The maximum absolute atomic E-state index is 11.9. The van der Waals surface area contributed by atoms with Gasteiger partial charge in [-0.2, -0.15) is 0 Å². The van der Waals surface area contributed by atoms with Crippen molar-refractivity contribution in [1.29, 1.82) is 0 Å². The van der Waals surface area contributed by atoms with Crippen molar-refractivity contribution in [2.45, 2.75) is 45.3 Å². The van der Waals surface area contributed by atoms with E-state index in [1.165, 1.54) is 0 Å². The zero-order chi connectivity index (χ0) is 18.7. The standard InChI is InChI=1S/C20H27N3O3/c1-4-13(2)25-19-11-15-17(10-16(19)20(21)24)22-8-7-18(15)26-14-6-5-9-23(3)12-14/h7-8,10-11,13-14H,4-6,9,12H2,1-3H3,(H2,21,24)/t13-,14?/m0/s1. The van der Waals surface area contributed by atoms with Crippen LogP contribution in [-0.2, 0) is 0 Å². The van der Waals surface area contributed by atoms with Crippen molar-refractivity contribution in [1.82, 2.24) is 9.88 Å². The van der Waals surface area contributed by atoms with E-state index in [4.69, 9.17) is 15.2 Å². The number of nitrogens with zero attached hydrogens (tertiary/aromatic N) is 2. The van der Waals surface area contributed by atoms with Crippen LogP contribution in [0.15, 0.2) is 24.4 Å². The number of ether oxygens (including phenoxy) is 2. The number of fused-ring (bicyclic) bond motifs is 1. The largest absolute Gasteiger partial charge is 0.490 e. The van der Waals surface area contributed by atoms with Gasteiger partial charge in [0.05, 0.1) is 17.2 Å². The number of piperidine rings is 1. The summed E-state index contributed by atoms with van der Waals surface area (Å²) in [5, 5.41) is 0.837. The van der Waals surface area contributed by atoms with Crippen molar-refractivity contribution in [3.8, 4) is 11.5 Å².